The van der Waals surface area contributed by atoms with Gasteiger partial charge in [-0.3, -0.25) is 0 Å². The van der Waals surface area contributed by atoms with Gasteiger partial charge in [-0.05, 0) is 98.8 Å². The lowest BCUT2D eigenvalue weighted by atomic mass is 9.79. The van der Waals surface area contributed by atoms with Crippen LogP contribution in [0.1, 0.15) is 41.5 Å². The second-order valence-electron chi connectivity index (χ2n) is 9.63. The largest absolute Gasteiger partial charge is 0.508 e. The lowest BCUT2D eigenvalue weighted by Gasteiger charge is -2.32. The molecule has 3 aromatic carbocycles. The Hall–Kier alpha value is -3.18. The van der Waals surface area contributed by atoms with Crippen molar-refractivity contribution in [3.8, 4) is 17.2 Å². The van der Waals surface area contributed by atoms with Crippen LogP contribution in [0.4, 0.5) is 5.69 Å². The van der Waals surface area contributed by atoms with E-state index in [1.165, 1.54) is 27.9 Å². The number of aromatic hydroxyl groups is 1. The van der Waals surface area contributed by atoms with Crippen LogP contribution in [0, 0.1) is 0 Å². The van der Waals surface area contributed by atoms with Crippen molar-refractivity contribution in [1.82, 2.24) is 4.90 Å². The number of hydrogen-bond donors (Lipinski definition) is 1. The number of fused-ring (bicyclic) bond motifs is 1. The Kier molecular flexibility index (Phi) is 8.19. The van der Waals surface area contributed by atoms with Crippen molar-refractivity contribution in [2.75, 3.05) is 45.8 Å². The standard InChI is InChI=1S/C30H38N2O3/c1-5-32(21-22-6-12-27(13-7-22)35-17-16-31(2)3)30-20-28(34-4)14-15-29(30)25-9-8-24-19-26(33)11-10-23(24)18-25/h6-7,10-15,19-20,25,33H,5,8-9,16-18,21H2,1-4H3/t25-/m1/s1. The molecule has 0 radical (unpaired) electrons. The van der Waals surface area contributed by atoms with Crippen LogP contribution >= 0.6 is 0 Å². The van der Waals surface area contributed by atoms with Gasteiger partial charge in [0.15, 0.2) is 0 Å². The van der Waals surface area contributed by atoms with Crippen LogP contribution in [0.25, 0.3) is 0 Å². The second kappa shape index (κ2) is 11.5. The van der Waals surface area contributed by atoms with Crippen molar-refractivity contribution in [3.63, 3.8) is 0 Å². The molecule has 0 spiro atoms. The maximum atomic E-state index is 9.87. The summed E-state index contributed by atoms with van der Waals surface area (Å²) in [5, 5.41) is 9.87. The minimum absolute atomic E-state index is 0.360. The van der Waals surface area contributed by atoms with Crippen molar-refractivity contribution in [1.29, 1.82) is 0 Å². The third kappa shape index (κ3) is 6.29. The molecule has 35 heavy (non-hydrogen) atoms. The van der Waals surface area contributed by atoms with Crippen LogP contribution < -0.4 is 14.4 Å². The Balaban J connectivity index is 1.54. The van der Waals surface area contributed by atoms with Gasteiger partial charge in [-0.25, -0.2) is 0 Å². The molecule has 0 heterocycles. The van der Waals surface area contributed by atoms with Gasteiger partial charge in [-0.1, -0.05) is 24.3 Å². The SMILES string of the molecule is CCN(Cc1ccc(OCCN(C)C)cc1)c1cc(OC)ccc1[C@@H]1CCc2cc(O)ccc2C1. The minimum Gasteiger partial charge on any atom is -0.508 e. The number of nitrogens with zero attached hydrogens (tertiary/aromatic N) is 2. The van der Waals surface area contributed by atoms with Gasteiger partial charge in [-0.2, -0.15) is 0 Å². The third-order valence-electron chi connectivity index (χ3n) is 6.92. The zero-order chi connectivity index (χ0) is 24.8. The number of methoxy groups -OCH3 is 1. The molecular weight excluding hydrogens is 436 g/mol. The first-order valence-electron chi connectivity index (χ1n) is 12.6. The summed E-state index contributed by atoms with van der Waals surface area (Å²) in [7, 11) is 5.83. The molecule has 5 nitrogen and oxygen atoms in total. The molecule has 4 rings (SSSR count). The van der Waals surface area contributed by atoms with Gasteiger partial charge < -0.3 is 24.4 Å². The number of benzene rings is 3. The van der Waals surface area contributed by atoms with E-state index in [1.807, 2.05) is 12.1 Å². The lowest BCUT2D eigenvalue weighted by Crippen LogP contribution is -2.25. The number of hydrogen-bond acceptors (Lipinski definition) is 5. The number of ether oxygens (including phenoxy) is 2. The van der Waals surface area contributed by atoms with Gasteiger partial charge in [0.1, 0.15) is 23.9 Å². The van der Waals surface area contributed by atoms with Gasteiger partial charge in [-0.15, -0.1) is 0 Å². The maximum absolute atomic E-state index is 9.87. The third-order valence-corrected chi connectivity index (χ3v) is 6.92. The number of anilines is 1. The van der Waals surface area contributed by atoms with Crippen molar-refractivity contribution in [3.05, 3.63) is 82.9 Å². The Morgan fingerprint density at radius 2 is 1.71 bits per heavy atom. The van der Waals surface area contributed by atoms with Crippen LogP contribution in [0.2, 0.25) is 0 Å². The lowest BCUT2D eigenvalue weighted by molar-refractivity contribution is 0.261. The summed E-state index contributed by atoms with van der Waals surface area (Å²) in [5.74, 6) is 2.59. The van der Waals surface area contributed by atoms with Crippen molar-refractivity contribution >= 4 is 5.69 Å². The summed E-state index contributed by atoms with van der Waals surface area (Å²) >= 11 is 0. The molecule has 1 N–H and O–H groups in total. The van der Waals surface area contributed by atoms with E-state index in [0.29, 0.717) is 18.3 Å². The van der Waals surface area contributed by atoms with Crippen LogP contribution in [0.5, 0.6) is 17.2 Å². The summed E-state index contributed by atoms with van der Waals surface area (Å²) in [6.07, 6.45) is 3.05. The normalized spacial score (nSPS) is 15.1. The fourth-order valence-corrected chi connectivity index (χ4v) is 4.90. The zero-order valence-corrected chi connectivity index (χ0v) is 21.5. The van der Waals surface area contributed by atoms with Gasteiger partial charge in [0, 0.05) is 31.4 Å². The summed E-state index contributed by atoms with van der Waals surface area (Å²) in [6, 6.07) is 20.8. The molecule has 1 aliphatic carbocycles. The first kappa shape index (κ1) is 24.9. The van der Waals surface area contributed by atoms with Gasteiger partial charge in [0.2, 0.25) is 0 Å². The molecule has 0 fully saturated rings. The van der Waals surface area contributed by atoms with Crippen LogP contribution in [-0.4, -0.2) is 50.9 Å². The van der Waals surface area contributed by atoms with Crippen LogP contribution in [-0.2, 0) is 19.4 Å². The fourth-order valence-electron chi connectivity index (χ4n) is 4.90. The monoisotopic (exact) mass is 474 g/mol. The molecule has 0 amide bonds. The van der Waals surface area contributed by atoms with E-state index >= 15 is 0 Å². The summed E-state index contributed by atoms with van der Waals surface area (Å²) in [6.45, 7) is 5.52. The molecule has 0 aliphatic heterocycles. The minimum atomic E-state index is 0.360. The highest BCUT2D eigenvalue weighted by Gasteiger charge is 2.24. The molecular formula is C30H38N2O3. The number of rotatable bonds is 10. The first-order valence-corrected chi connectivity index (χ1v) is 12.6. The molecule has 0 saturated heterocycles. The zero-order valence-electron chi connectivity index (χ0n) is 21.5. The number of phenols is 1. The van der Waals surface area contributed by atoms with Crippen LogP contribution in [0.3, 0.4) is 0 Å². The van der Waals surface area contributed by atoms with Crippen molar-refractivity contribution in [2.24, 2.45) is 0 Å². The van der Waals surface area contributed by atoms with Gasteiger partial charge >= 0.3 is 0 Å². The molecule has 186 valence electrons. The predicted octanol–water partition coefficient (Wildman–Crippen LogP) is 5.64. The van der Waals surface area contributed by atoms with E-state index in [1.54, 1.807) is 7.11 Å². The van der Waals surface area contributed by atoms with Crippen molar-refractivity contribution in [2.45, 2.75) is 38.6 Å². The molecule has 1 atom stereocenters. The highest BCUT2D eigenvalue weighted by molar-refractivity contribution is 5.60. The average molecular weight is 475 g/mol. The van der Waals surface area contributed by atoms with E-state index in [4.69, 9.17) is 9.47 Å². The molecule has 1 aliphatic rings. The van der Waals surface area contributed by atoms with E-state index in [0.717, 1.165) is 50.4 Å². The summed E-state index contributed by atoms with van der Waals surface area (Å²) in [4.78, 5) is 4.56. The highest BCUT2D eigenvalue weighted by atomic mass is 16.5. The Labute approximate surface area is 209 Å². The number of aryl methyl sites for hydroxylation is 1. The fraction of sp³-hybridized carbons (Fsp3) is 0.400. The molecule has 0 bridgehead atoms. The summed E-state index contributed by atoms with van der Waals surface area (Å²) in [5.41, 5.74) is 6.48. The van der Waals surface area contributed by atoms with Crippen LogP contribution in [0.15, 0.2) is 60.7 Å². The maximum Gasteiger partial charge on any atom is 0.120 e. The van der Waals surface area contributed by atoms with E-state index in [2.05, 4.69) is 79.3 Å². The first-order chi connectivity index (χ1) is 17.0. The number of phenolic OH excluding ortho intramolecular Hbond substituents is 1. The van der Waals surface area contributed by atoms with E-state index < -0.39 is 0 Å². The highest BCUT2D eigenvalue weighted by Crippen LogP contribution is 2.40. The molecule has 5 heteroatoms. The van der Waals surface area contributed by atoms with Gasteiger partial charge in [0.05, 0.1) is 7.11 Å². The van der Waals surface area contributed by atoms with E-state index in [-0.39, 0.29) is 0 Å². The topological polar surface area (TPSA) is 45.2 Å². The molecule has 0 aromatic heterocycles. The van der Waals surface area contributed by atoms with E-state index in [9.17, 15) is 5.11 Å². The number of likely N-dealkylation sites (N-methyl/N-ethyl adjacent to an activating group) is 1. The summed E-state index contributed by atoms with van der Waals surface area (Å²) < 4.78 is 11.5. The quantitative estimate of drug-likeness (QED) is 0.412. The molecule has 3 aromatic rings. The Morgan fingerprint density at radius 3 is 2.43 bits per heavy atom. The predicted molar refractivity (Wildman–Crippen MR) is 143 cm³/mol. The smallest absolute Gasteiger partial charge is 0.120 e. The van der Waals surface area contributed by atoms with Gasteiger partial charge in [0.25, 0.3) is 0 Å². The molecule has 0 saturated carbocycles. The Bertz CT molecular complexity index is 1110. The Morgan fingerprint density at radius 1 is 0.943 bits per heavy atom. The molecule has 0 unspecified atom stereocenters. The van der Waals surface area contributed by atoms with Crippen molar-refractivity contribution < 1.29 is 14.6 Å². The average Bonchev–Trinajstić information content (AvgIpc) is 2.87. The second-order valence-corrected chi connectivity index (χ2v) is 9.63.